The Hall–Kier alpha value is -3.53. The maximum absolute atomic E-state index is 14.6. The Bertz CT molecular complexity index is 2090. The molecule has 4 N–H and O–H groups in total. The molecule has 0 aromatic heterocycles. The molecule has 0 spiro atoms. The number of carbonyl (C=O) groups excluding carboxylic acids is 5. The Morgan fingerprint density at radius 1 is 0.829 bits per heavy atom. The van der Waals surface area contributed by atoms with E-state index in [0.717, 1.165) is 5.57 Å². The molecule has 1 aliphatic carbocycles. The van der Waals surface area contributed by atoms with Gasteiger partial charge in [0, 0.05) is 51.4 Å². The van der Waals surface area contributed by atoms with Gasteiger partial charge in [0.2, 0.25) is 5.79 Å². The van der Waals surface area contributed by atoms with E-state index in [2.05, 4.69) is 0 Å². The minimum Gasteiger partial charge on any atom is -0.460 e. The third kappa shape index (κ3) is 15.4. The van der Waals surface area contributed by atoms with E-state index in [1.54, 1.807) is 40.9 Å². The average molecular weight is 1070 g/mol. The normalized spacial score (nSPS) is 40.9. The number of aliphatic hydroxyl groups excluding tert-OH is 3. The SMILES string of the molecule is CO[C@@H]1C[C@H](C[C@@H](C)[C@@H]2CC(=O)[C@H](C)/C=C(\C)[C@@H](O)[C@@H](OC)C(=O)[C@H](C)C[C@H](C)/C=C/C=CC=C(C)[C@@H](O[C@@H]3CO[C@H]4[C@@H]3OC[C@@H]4OCCO)C[C@@H]3CC[C@@H](C)[C@@](O)(O3)C(=O)C(=O)N3CCCC[C@H]3C(=O)O2)CC[C@H]1O. The molecule has 19 atom stereocenters. The summed E-state index contributed by atoms with van der Waals surface area (Å²) in [5.74, 6) is -8.45. The van der Waals surface area contributed by atoms with Crippen LogP contribution >= 0.6 is 0 Å². The number of allylic oxidation sites excluding steroid dienone is 6. The van der Waals surface area contributed by atoms with Crippen LogP contribution in [0.25, 0.3) is 0 Å². The van der Waals surface area contributed by atoms with E-state index in [0.29, 0.717) is 63.4 Å². The van der Waals surface area contributed by atoms with Crippen molar-refractivity contribution in [3.63, 3.8) is 0 Å². The van der Waals surface area contributed by atoms with Crippen molar-refractivity contribution in [2.45, 2.75) is 204 Å². The molecule has 76 heavy (non-hydrogen) atoms. The number of amides is 1. The van der Waals surface area contributed by atoms with Gasteiger partial charge >= 0.3 is 5.97 Å². The predicted molar refractivity (Wildman–Crippen MR) is 279 cm³/mol. The first kappa shape index (κ1) is 61.7. The van der Waals surface area contributed by atoms with Crippen LogP contribution in [0.4, 0.5) is 0 Å². The van der Waals surface area contributed by atoms with Gasteiger partial charge in [-0.2, -0.15) is 0 Å². The van der Waals surface area contributed by atoms with Crippen LogP contribution in [0, 0.1) is 35.5 Å². The Labute approximate surface area is 449 Å². The molecule has 0 unspecified atom stereocenters. The number of ether oxygens (including phenoxy) is 8. The van der Waals surface area contributed by atoms with Gasteiger partial charge in [-0.15, -0.1) is 0 Å². The van der Waals surface area contributed by atoms with E-state index < -0.39 is 102 Å². The van der Waals surface area contributed by atoms with Crippen LogP contribution in [0.15, 0.2) is 47.6 Å². The standard InChI is InChI=1S/C58H89NO17/c1-33-15-11-10-12-16-34(2)45(74-49-32-73-52-48(71-24-23-60)31-72-53(49)52)29-41-20-18-39(7)58(68,76-41)55(65)56(66)59-22-14-13-17-42(59)57(67)75-46(36(4)27-40-19-21-43(61)47(28-40)69-8)30-44(62)35(3)26-38(6)51(64)54(70-9)50(63)37(5)25-33/h10-12,15-16,26,33,35-37,39-43,45-49,51-54,60-61,64,68H,13-14,17-25,27-32H2,1-9H3/b12-10?,15-11+,34-16?,38-26+/t33-,35-,36-,37-,39-,40+,41+,42+,43-,45+,46+,47-,48+,49-,51-,52-,53-,54+,58-/m1/s1. The van der Waals surface area contributed by atoms with Crippen molar-refractivity contribution < 1.29 is 82.3 Å². The van der Waals surface area contributed by atoms with E-state index in [-0.39, 0.29) is 93.8 Å². The van der Waals surface area contributed by atoms with Crippen LogP contribution in [0.3, 0.4) is 0 Å². The Morgan fingerprint density at radius 2 is 1.55 bits per heavy atom. The maximum atomic E-state index is 14.6. The molecule has 6 aliphatic rings. The van der Waals surface area contributed by atoms with E-state index in [1.807, 2.05) is 51.2 Å². The molecule has 2 bridgehead atoms. The molecule has 18 heteroatoms. The summed E-state index contributed by atoms with van der Waals surface area (Å²) >= 11 is 0. The van der Waals surface area contributed by atoms with Gasteiger partial charge in [0.25, 0.3) is 11.7 Å². The van der Waals surface area contributed by atoms with Gasteiger partial charge in [0.1, 0.15) is 54.6 Å². The molecule has 6 rings (SSSR count). The van der Waals surface area contributed by atoms with Gasteiger partial charge < -0.3 is 63.2 Å². The summed E-state index contributed by atoms with van der Waals surface area (Å²) in [5, 5.41) is 43.8. The fraction of sp³-hybridized carbons (Fsp3) is 0.776. The zero-order valence-electron chi connectivity index (χ0n) is 46.4. The number of methoxy groups -OCH3 is 2. The molecule has 0 radical (unpaired) electrons. The average Bonchev–Trinajstić information content (AvgIpc) is 4.00. The number of ketones is 3. The molecule has 18 nitrogen and oxygen atoms in total. The molecule has 1 saturated carbocycles. The number of esters is 1. The van der Waals surface area contributed by atoms with Crippen molar-refractivity contribution >= 4 is 29.2 Å². The lowest BCUT2D eigenvalue weighted by Crippen LogP contribution is -2.61. The number of carbonyl (C=O) groups is 5. The minimum absolute atomic E-state index is 0.0351. The van der Waals surface area contributed by atoms with Crippen LogP contribution in [-0.2, 0) is 61.9 Å². The first-order valence-electron chi connectivity index (χ1n) is 28.0. The highest BCUT2D eigenvalue weighted by Gasteiger charge is 2.54. The largest absolute Gasteiger partial charge is 0.460 e. The second kappa shape index (κ2) is 28.6. The van der Waals surface area contributed by atoms with Crippen molar-refractivity contribution in [2.24, 2.45) is 35.5 Å². The number of cyclic esters (lactones) is 1. The van der Waals surface area contributed by atoms with E-state index in [1.165, 1.54) is 12.0 Å². The second-order valence-corrected chi connectivity index (χ2v) is 22.8. The molecular formula is C58H89NO17. The molecule has 5 aliphatic heterocycles. The molecule has 5 heterocycles. The van der Waals surface area contributed by atoms with Gasteiger partial charge in [-0.25, -0.2) is 4.79 Å². The lowest BCUT2D eigenvalue weighted by Gasteiger charge is -2.43. The van der Waals surface area contributed by atoms with Crippen LogP contribution in [0.2, 0.25) is 0 Å². The highest BCUT2D eigenvalue weighted by Crippen LogP contribution is 2.39. The predicted octanol–water partition coefficient (Wildman–Crippen LogP) is 5.09. The van der Waals surface area contributed by atoms with Gasteiger partial charge in [0.15, 0.2) is 5.78 Å². The third-order valence-electron chi connectivity index (χ3n) is 16.9. The van der Waals surface area contributed by atoms with Crippen molar-refractivity contribution in [3.05, 3.63) is 47.6 Å². The summed E-state index contributed by atoms with van der Waals surface area (Å²) < 4.78 is 48.7. The molecule has 5 fully saturated rings. The smallest absolute Gasteiger partial charge is 0.329 e. The number of hydrogen-bond acceptors (Lipinski definition) is 17. The van der Waals surface area contributed by atoms with E-state index in [4.69, 9.17) is 37.9 Å². The van der Waals surface area contributed by atoms with Crippen LogP contribution in [0.1, 0.15) is 126 Å². The first-order chi connectivity index (χ1) is 36.2. The molecular weight excluding hydrogens is 983 g/mol. The van der Waals surface area contributed by atoms with Crippen LogP contribution in [-0.4, -0.2) is 181 Å². The highest BCUT2D eigenvalue weighted by molar-refractivity contribution is 6.39. The summed E-state index contributed by atoms with van der Waals surface area (Å²) in [6.45, 7) is 13.1. The molecule has 4 saturated heterocycles. The molecule has 0 aromatic carbocycles. The van der Waals surface area contributed by atoms with E-state index in [9.17, 15) is 44.4 Å². The summed E-state index contributed by atoms with van der Waals surface area (Å²) in [7, 11) is 2.93. The van der Waals surface area contributed by atoms with Crippen LogP contribution in [0.5, 0.6) is 0 Å². The Balaban J connectivity index is 1.31. The van der Waals surface area contributed by atoms with Crippen molar-refractivity contribution in [2.75, 3.05) is 47.2 Å². The zero-order chi connectivity index (χ0) is 55.4. The minimum atomic E-state index is -2.53. The van der Waals surface area contributed by atoms with Crippen molar-refractivity contribution in [1.82, 2.24) is 4.90 Å². The number of rotatable bonds is 10. The zero-order valence-corrected chi connectivity index (χ0v) is 46.4. The van der Waals surface area contributed by atoms with Gasteiger partial charge in [0.05, 0.1) is 50.8 Å². The fourth-order valence-corrected chi connectivity index (χ4v) is 12.1. The lowest BCUT2D eigenvalue weighted by molar-refractivity contribution is -0.266. The van der Waals surface area contributed by atoms with Crippen molar-refractivity contribution in [3.8, 4) is 0 Å². The number of aliphatic hydroxyl groups is 4. The monoisotopic (exact) mass is 1070 g/mol. The molecule has 428 valence electrons. The number of hydrogen-bond donors (Lipinski definition) is 4. The fourth-order valence-electron chi connectivity index (χ4n) is 12.1. The number of piperidine rings is 1. The summed E-state index contributed by atoms with van der Waals surface area (Å²) in [6.07, 6.45) is 8.40. The van der Waals surface area contributed by atoms with Crippen LogP contribution < -0.4 is 0 Å². The van der Waals surface area contributed by atoms with Gasteiger partial charge in [-0.3, -0.25) is 19.2 Å². The number of nitrogens with zero attached hydrogens (tertiary/aromatic N) is 1. The number of fused-ring (bicyclic) bond motifs is 4. The quantitative estimate of drug-likeness (QED) is 0.126. The van der Waals surface area contributed by atoms with Gasteiger partial charge in [-0.1, -0.05) is 71.1 Å². The van der Waals surface area contributed by atoms with Gasteiger partial charge in [-0.05, 0) is 107 Å². The maximum Gasteiger partial charge on any atom is 0.329 e. The highest BCUT2D eigenvalue weighted by atomic mass is 16.7. The lowest BCUT2D eigenvalue weighted by atomic mass is 9.78. The number of Topliss-reactive ketones (excluding diaryl/α,β-unsaturated/α-hetero) is 3. The topological polar surface area (TPSA) is 243 Å². The van der Waals surface area contributed by atoms with Crippen molar-refractivity contribution in [1.29, 1.82) is 0 Å². The van der Waals surface area contributed by atoms with E-state index >= 15 is 0 Å². The summed E-state index contributed by atoms with van der Waals surface area (Å²) in [4.78, 5) is 73.0. The Kier molecular flexibility index (Phi) is 23.2. The molecule has 0 aromatic rings. The second-order valence-electron chi connectivity index (χ2n) is 22.8. The Morgan fingerprint density at radius 3 is 2.26 bits per heavy atom. The summed E-state index contributed by atoms with van der Waals surface area (Å²) in [6, 6.07) is -1.19. The third-order valence-corrected chi connectivity index (χ3v) is 16.9. The molecule has 1 amide bonds. The first-order valence-corrected chi connectivity index (χ1v) is 28.0. The summed E-state index contributed by atoms with van der Waals surface area (Å²) in [5.41, 5.74) is 1.17.